The Morgan fingerprint density at radius 2 is 2.11 bits per heavy atom. The van der Waals surface area contributed by atoms with Crippen molar-refractivity contribution in [1.29, 1.82) is 0 Å². The molecule has 0 saturated heterocycles. The molecule has 2 unspecified atom stereocenters. The Kier molecular flexibility index (Phi) is 4.58. The molecule has 1 aliphatic rings. The number of aromatic nitrogens is 2. The predicted octanol–water partition coefficient (Wildman–Crippen LogP) is 2.59. The van der Waals surface area contributed by atoms with Crippen molar-refractivity contribution in [2.24, 2.45) is 0 Å². The molecule has 0 radical (unpaired) electrons. The first-order chi connectivity index (χ1) is 9.16. The molecule has 5 heteroatoms. The summed E-state index contributed by atoms with van der Waals surface area (Å²) in [7, 11) is 3.71. The SMILES string of the molecule is CCC(NC)C(C)c1nc(C2(OC)CCCC2)no1. The van der Waals surface area contributed by atoms with E-state index in [1.807, 2.05) is 7.05 Å². The first-order valence-corrected chi connectivity index (χ1v) is 7.23. The second kappa shape index (κ2) is 6.01. The van der Waals surface area contributed by atoms with Crippen molar-refractivity contribution < 1.29 is 9.26 Å². The van der Waals surface area contributed by atoms with Gasteiger partial charge in [-0.05, 0) is 39.2 Å². The van der Waals surface area contributed by atoms with Crippen molar-refractivity contribution in [3.05, 3.63) is 11.7 Å². The van der Waals surface area contributed by atoms with Gasteiger partial charge in [0.1, 0.15) is 5.60 Å². The number of hydrogen-bond donors (Lipinski definition) is 1. The Balaban J connectivity index is 2.18. The Labute approximate surface area is 115 Å². The molecule has 1 N–H and O–H groups in total. The third kappa shape index (κ3) is 2.67. The van der Waals surface area contributed by atoms with Crippen LogP contribution in [0.1, 0.15) is 63.6 Å². The van der Waals surface area contributed by atoms with Crippen molar-refractivity contribution in [3.8, 4) is 0 Å². The van der Waals surface area contributed by atoms with Crippen molar-refractivity contribution in [2.45, 2.75) is 63.5 Å². The van der Waals surface area contributed by atoms with Gasteiger partial charge in [-0.25, -0.2) is 0 Å². The highest BCUT2D eigenvalue weighted by atomic mass is 16.5. The number of nitrogens with one attached hydrogen (secondary N) is 1. The van der Waals surface area contributed by atoms with Crippen LogP contribution >= 0.6 is 0 Å². The molecule has 1 saturated carbocycles. The molecule has 2 rings (SSSR count). The van der Waals surface area contributed by atoms with Crippen molar-refractivity contribution in [3.63, 3.8) is 0 Å². The molecule has 1 aromatic heterocycles. The van der Waals surface area contributed by atoms with Crippen LogP contribution in [-0.4, -0.2) is 30.3 Å². The topological polar surface area (TPSA) is 60.2 Å². The van der Waals surface area contributed by atoms with E-state index in [-0.39, 0.29) is 11.5 Å². The summed E-state index contributed by atoms with van der Waals surface area (Å²) in [5.74, 6) is 1.64. The first-order valence-electron chi connectivity index (χ1n) is 7.23. The molecule has 108 valence electrons. The molecular formula is C14H25N3O2. The Morgan fingerprint density at radius 3 is 2.63 bits per heavy atom. The molecule has 1 aromatic rings. The zero-order valence-electron chi connectivity index (χ0n) is 12.4. The van der Waals surface area contributed by atoms with E-state index in [4.69, 9.17) is 9.26 Å². The lowest BCUT2D eigenvalue weighted by atomic mass is 9.99. The summed E-state index contributed by atoms with van der Waals surface area (Å²) in [5.41, 5.74) is -0.317. The van der Waals surface area contributed by atoms with Gasteiger partial charge in [0.05, 0.1) is 5.92 Å². The van der Waals surface area contributed by atoms with Crippen LogP contribution in [0.4, 0.5) is 0 Å². The van der Waals surface area contributed by atoms with E-state index in [9.17, 15) is 0 Å². The fourth-order valence-corrected chi connectivity index (χ4v) is 3.05. The number of hydrogen-bond acceptors (Lipinski definition) is 5. The molecule has 1 aliphatic carbocycles. The Morgan fingerprint density at radius 1 is 1.42 bits per heavy atom. The Hall–Kier alpha value is -0.940. The van der Waals surface area contributed by atoms with Crippen LogP contribution in [-0.2, 0) is 10.3 Å². The van der Waals surface area contributed by atoms with Gasteiger partial charge in [0, 0.05) is 13.2 Å². The minimum atomic E-state index is -0.317. The minimum Gasteiger partial charge on any atom is -0.370 e. The van der Waals surface area contributed by atoms with Crippen molar-refractivity contribution >= 4 is 0 Å². The minimum absolute atomic E-state index is 0.214. The Bertz CT molecular complexity index is 395. The van der Waals surface area contributed by atoms with Crippen LogP contribution in [0.15, 0.2) is 4.52 Å². The van der Waals surface area contributed by atoms with Gasteiger partial charge in [0.15, 0.2) is 0 Å². The maximum atomic E-state index is 5.69. The monoisotopic (exact) mass is 267 g/mol. The average Bonchev–Trinajstić information content (AvgIpc) is 3.09. The van der Waals surface area contributed by atoms with Gasteiger partial charge >= 0.3 is 0 Å². The van der Waals surface area contributed by atoms with Gasteiger partial charge in [-0.2, -0.15) is 4.98 Å². The molecule has 5 nitrogen and oxygen atoms in total. The van der Waals surface area contributed by atoms with E-state index < -0.39 is 0 Å². The molecule has 0 aliphatic heterocycles. The number of nitrogens with zero attached hydrogens (tertiary/aromatic N) is 2. The largest absolute Gasteiger partial charge is 0.370 e. The van der Waals surface area contributed by atoms with Gasteiger partial charge in [-0.3, -0.25) is 0 Å². The van der Waals surface area contributed by atoms with Crippen molar-refractivity contribution in [1.82, 2.24) is 15.5 Å². The van der Waals surface area contributed by atoms with Crippen LogP contribution in [0.25, 0.3) is 0 Å². The van der Waals surface area contributed by atoms with Crippen LogP contribution in [0.5, 0.6) is 0 Å². The van der Waals surface area contributed by atoms with Gasteiger partial charge in [0.25, 0.3) is 0 Å². The fraction of sp³-hybridized carbons (Fsp3) is 0.857. The molecule has 0 spiro atoms. The van der Waals surface area contributed by atoms with Gasteiger partial charge in [-0.15, -0.1) is 0 Å². The van der Waals surface area contributed by atoms with Gasteiger partial charge in [-0.1, -0.05) is 19.0 Å². The van der Waals surface area contributed by atoms with E-state index in [2.05, 4.69) is 29.3 Å². The summed E-state index contributed by atoms with van der Waals surface area (Å²) in [5, 5.41) is 7.47. The van der Waals surface area contributed by atoms with E-state index in [1.54, 1.807) is 7.11 Å². The summed E-state index contributed by atoms with van der Waals surface area (Å²) in [6, 6.07) is 0.357. The highest BCUT2D eigenvalue weighted by Gasteiger charge is 2.40. The van der Waals surface area contributed by atoms with Crippen LogP contribution in [0.2, 0.25) is 0 Å². The second-order valence-corrected chi connectivity index (χ2v) is 5.45. The maximum absolute atomic E-state index is 5.69. The van der Waals surface area contributed by atoms with E-state index in [0.29, 0.717) is 11.9 Å². The quantitative estimate of drug-likeness (QED) is 0.858. The lowest BCUT2D eigenvalue weighted by Gasteiger charge is -2.23. The molecule has 0 aromatic carbocycles. The smallest absolute Gasteiger partial charge is 0.231 e. The molecule has 0 bridgehead atoms. The first kappa shape index (κ1) is 14.5. The highest BCUT2D eigenvalue weighted by molar-refractivity contribution is 5.06. The lowest BCUT2D eigenvalue weighted by Crippen LogP contribution is -2.30. The normalized spacial score (nSPS) is 21.5. The molecule has 2 atom stereocenters. The number of methoxy groups -OCH3 is 1. The average molecular weight is 267 g/mol. The predicted molar refractivity (Wildman–Crippen MR) is 73.0 cm³/mol. The van der Waals surface area contributed by atoms with Gasteiger partial charge in [0.2, 0.25) is 11.7 Å². The van der Waals surface area contributed by atoms with Crippen molar-refractivity contribution in [2.75, 3.05) is 14.2 Å². The number of ether oxygens (including phenoxy) is 1. The molecule has 1 heterocycles. The standard InChI is InChI=1S/C14H25N3O2/c1-5-11(15-3)10(2)12-16-13(17-19-12)14(18-4)8-6-7-9-14/h10-11,15H,5-9H2,1-4H3. The highest BCUT2D eigenvalue weighted by Crippen LogP contribution is 2.40. The summed E-state index contributed by atoms with van der Waals surface area (Å²) < 4.78 is 11.2. The lowest BCUT2D eigenvalue weighted by molar-refractivity contribution is -0.0178. The zero-order valence-corrected chi connectivity index (χ0v) is 12.4. The van der Waals surface area contributed by atoms with Crippen LogP contribution in [0.3, 0.4) is 0 Å². The van der Waals surface area contributed by atoms with Crippen LogP contribution in [0, 0.1) is 0 Å². The van der Waals surface area contributed by atoms with Gasteiger partial charge < -0.3 is 14.6 Å². The molecule has 19 heavy (non-hydrogen) atoms. The third-order valence-corrected chi connectivity index (χ3v) is 4.45. The van der Waals surface area contributed by atoms with E-state index in [1.165, 1.54) is 12.8 Å². The second-order valence-electron chi connectivity index (χ2n) is 5.45. The summed E-state index contributed by atoms with van der Waals surface area (Å²) in [4.78, 5) is 4.61. The summed E-state index contributed by atoms with van der Waals surface area (Å²) in [6.45, 7) is 4.28. The number of rotatable bonds is 6. The number of likely N-dealkylation sites (N-methyl/N-ethyl adjacent to an activating group) is 1. The van der Waals surface area contributed by atoms with E-state index >= 15 is 0 Å². The molecule has 0 amide bonds. The third-order valence-electron chi connectivity index (χ3n) is 4.45. The zero-order chi connectivity index (χ0) is 13.9. The molecule has 1 fully saturated rings. The molecular weight excluding hydrogens is 242 g/mol. The maximum Gasteiger partial charge on any atom is 0.231 e. The van der Waals surface area contributed by atoms with E-state index in [0.717, 1.165) is 25.1 Å². The van der Waals surface area contributed by atoms with Crippen LogP contribution < -0.4 is 5.32 Å². The summed E-state index contributed by atoms with van der Waals surface area (Å²) >= 11 is 0. The summed E-state index contributed by atoms with van der Waals surface area (Å²) in [6.07, 6.45) is 5.34. The fourth-order valence-electron chi connectivity index (χ4n) is 3.05.